The zero-order chi connectivity index (χ0) is 24.0. The van der Waals surface area contributed by atoms with E-state index in [4.69, 9.17) is 34.8 Å². The van der Waals surface area contributed by atoms with Gasteiger partial charge in [0.2, 0.25) is 0 Å². The highest BCUT2D eigenvalue weighted by atomic mass is 35.5. The van der Waals surface area contributed by atoms with Crippen LogP contribution >= 0.6 is 34.8 Å². The van der Waals surface area contributed by atoms with Crippen molar-refractivity contribution in [1.82, 2.24) is 20.9 Å². The van der Waals surface area contributed by atoms with Crippen LogP contribution in [0, 0.1) is 0 Å². The molecule has 0 amide bonds. The number of rotatable bonds is 15. The van der Waals surface area contributed by atoms with Gasteiger partial charge in [0.25, 0.3) is 0 Å². The zero-order valence-electron chi connectivity index (χ0n) is 19.4. The molecule has 3 aromatic carbocycles. The van der Waals surface area contributed by atoms with Crippen molar-refractivity contribution in [2.24, 2.45) is 0 Å². The standard InChI is InChI=1S/C27H33Cl3N4/c28-25-7-1-22(2-8-25)19-31-13-16-34(17-14-32-20-23-3-9-26(29)10-4-23)18-15-33-21-24-5-11-27(30)12-6-24/h1-12,31-33H,13-21H2. The normalized spacial score (nSPS) is 11.3. The average Bonchev–Trinajstić information content (AvgIpc) is 2.85. The summed E-state index contributed by atoms with van der Waals surface area (Å²) < 4.78 is 0. The van der Waals surface area contributed by atoms with Crippen molar-refractivity contribution in [2.75, 3.05) is 39.3 Å². The largest absolute Gasteiger partial charge is 0.311 e. The van der Waals surface area contributed by atoms with E-state index in [-0.39, 0.29) is 0 Å². The van der Waals surface area contributed by atoms with Crippen molar-refractivity contribution in [3.8, 4) is 0 Å². The topological polar surface area (TPSA) is 39.3 Å². The molecule has 0 aliphatic rings. The van der Waals surface area contributed by atoms with Gasteiger partial charge in [-0.15, -0.1) is 0 Å². The molecule has 0 unspecified atom stereocenters. The highest BCUT2D eigenvalue weighted by molar-refractivity contribution is 6.31. The maximum absolute atomic E-state index is 5.98. The first-order valence-corrected chi connectivity index (χ1v) is 12.8. The van der Waals surface area contributed by atoms with E-state index in [0.29, 0.717) is 0 Å². The maximum Gasteiger partial charge on any atom is 0.0406 e. The molecule has 3 rings (SSSR count). The van der Waals surface area contributed by atoms with E-state index in [1.807, 2.05) is 36.4 Å². The molecule has 182 valence electrons. The lowest BCUT2D eigenvalue weighted by Crippen LogP contribution is -2.40. The Balaban J connectivity index is 1.39. The molecular weight excluding hydrogens is 487 g/mol. The number of hydrogen-bond acceptors (Lipinski definition) is 4. The molecule has 0 spiro atoms. The summed E-state index contributed by atoms with van der Waals surface area (Å²) in [5.41, 5.74) is 3.72. The molecule has 0 bridgehead atoms. The van der Waals surface area contributed by atoms with E-state index < -0.39 is 0 Å². The minimum Gasteiger partial charge on any atom is -0.311 e. The van der Waals surface area contributed by atoms with E-state index in [1.165, 1.54) is 16.7 Å². The summed E-state index contributed by atoms with van der Waals surface area (Å²) in [7, 11) is 0. The van der Waals surface area contributed by atoms with Crippen molar-refractivity contribution >= 4 is 34.8 Å². The Morgan fingerprint density at radius 1 is 0.441 bits per heavy atom. The molecule has 0 aliphatic heterocycles. The van der Waals surface area contributed by atoms with Gasteiger partial charge in [0, 0.05) is 74.0 Å². The third kappa shape index (κ3) is 10.7. The van der Waals surface area contributed by atoms with Gasteiger partial charge in [-0.1, -0.05) is 71.2 Å². The third-order valence-corrected chi connectivity index (χ3v) is 6.30. The Morgan fingerprint density at radius 3 is 0.971 bits per heavy atom. The number of nitrogens with one attached hydrogen (secondary N) is 3. The van der Waals surface area contributed by atoms with Gasteiger partial charge >= 0.3 is 0 Å². The first-order chi connectivity index (χ1) is 16.6. The van der Waals surface area contributed by atoms with Crippen LogP contribution in [0.3, 0.4) is 0 Å². The Kier molecular flexibility index (Phi) is 12.2. The Labute approximate surface area is 218 Å². The molecule has 0 aliphatic carbocycles. The van der Waals surface area contributed by atoms with Crippen LogP contribution in [0.2, 0.25) is 15.1 Å². The molecule has 0 heterocycles. The van der Waals surface area contributed by atoms with Crippen molar-refractivity contribution in [2.45, 2.75) is 19.6 Å². The monoisotopic (exact) mass is 518 g/mol. The SMILES string of the molecule is Clc1ccc(CNCCN(CCNCc2ccc(Cl)cc2)CCNCc2ccc(Cl)cc2)cc1. The van der Waals surface area contributed by atoms with E-state index >= 15 is 0 Å². The van der Waals surface area contributed by atoms with Crippen LogP contribution in [-0.2, 0) is 19.6 Å². The van der Waals surface area contributed by atoms with Crippen LogP contribution in [0.25, 0.3) is 0 Å². The van der Waals surface area contributed by atoms with Gasteiger partial charge in [-0.2, -0.15) is 0 Å². The Morgan fingerprint density at radius 2 is 0.706 bits per heavy atom. The van der Waals surface area contributed by atoms with E-state index in [1.54, 1.807) is 0 Å². The first-order valence-electron chi connectivity index (χ1n) is 11.7. The molecule has 3 aromatic rings. The lowest BCUT2D eigenvalue weighted by atomic mass is 10.2. The van der Waals surface area contributed by atoms with Crippen LogP contribution in [0.1, 0.15) is 16.7 Å². The van der Waals surface area contributed by atoms with E-state index in [2.05, 4.69) is 57.2 Å². The molecule has 4 nitrogen and oxygen atoms in total. The number of hydrogen-bond donors (Lipinski definition) is 3. The second-order valence-electron chi connectivity index (χ2n) is 8.25. The highest BCUT2D eigenvalue weighted by Gasteiger charge is 2.05. The summed E-state index contributed by atoms with van der Waals surface area (Å²) in [6, 6.07) is 24.0. The summed E-state index contributed by atoms with van der Waals surface area (Å²) in [6.07, 6.45) is 0. The van der Waals surface area contributed by atoms with E-state index in [0.717, 1.165) is 74.0 Å². The lowest BCUT2D eigenvalue weighted by Gasteiger charge is -2.23. The Bertz CT molecular complexity index is 820. The summed E-state index contributed by atoms with van der Waals surface area (Å²) in [6.45, 7) is 8.26. The molecule has 3 N–H and O–H groups in total. The fourth-order valence-electron chi connectivity index (χ4n) is 3.55. The molecule has 7 heteroatoms. The van der Waals surface area contributed by atoms with Crippen molar-refractivity contribution < 1.29 is 0 Å². The van der Waals surface area contributed by atoms with E-state index in [9.17, 15) is 0 Å². The molecule has 0 saturated heterocycles. The summed E-state index contributed by atoms with van der Waals surface area (Å²) in [5, 5.41) is 12.9. The fourth-order valence-corrected chi connectivity index (χ4v) is 3.93. The quantitative estimate of drug-likeness (QED) is 0.228. The van der Waals surface area contributed by atoms with Crippen LogP contribution in [-0.4, -0.2) is 44.2 Å². The minimum absolute atomic E-state index is 0.770. The highest BCUT2D eigenvalue weighted by Crippen LogP contribution is 2.10. The van der Waals surface area contributed by atoms with Gasteiger partial charge in [0.1, 0.15) is 0 Å². The fraction of sp³-hybridized carbons (Fsp3) is 0.333. The minimum atomic E-state index is 0.770. The second-order valence-corrected chi connectivity index (χ2v) is 9.56. The zero-order valence-corrected chi connectivity index (χ0v) is 21.6. The number of halogens is 3. The van der Waals surface area contributed by atoms with Crippen LogP contribution in [0.4, 0.5) is 0 Å². The summed E-state index contributed by atoms with van der Waals surface area (Å²) in [4.78, 5) is 2.48. The van der Waals surface area contributed by atoms with Gasteiger partial charge in [0.15, 0.2) is 0 Å². The number of benzene rings is 3. The Hall–Kier alpha value is -1.63. The molecule has 0 saturated carbocycles. The van der Waals surface area contributed by atoms with Gasteiger partial charge < -0.3 is 16.0 Å². The lowest BCUT2D eigenvalue weighted by molar-refractivity contribution is 0.271. The third-order valence-electron chi connectivity index (χ3n) is 5.54. The van der Waals surface area contributed by atoms with Crippen molar-refractivity contribution in [1.29, 1.82) is 0 Å². The average molecular weight is 520 g/mol. The molecule has 0 fully saturated rings. The van der Waals surface area contributed by atoms with Crippen LogP contribution < -0.4 is 16.0 Å². The first kappa shape index (κ1) is 27.0. The summed E-state index contributed by atoms with van der Waals surface area (Å²) in [5.74, 6) is 0. The van der Waals surface area contributed by atoms with Crippen LogP contribution in [0.5, 0.6) is 0 Å². The molecule has 34 heavy (non-hydrogen) atoms. The molecule has 0 radical (unpaired) electrons. The summed E-state index contributed by atoms with van der Waals surface area (Å²) >= 11 is 17.9. The van der Waals surface area contributed by atoms with Crippen molar-refractivity contribution in [3.63, 3.8) is 0 Å². The van der Waals surface area contributed by atoms with Crippen LogP contribution in [0.15, 0.2) is 72.8 Å². The maximum atomic E-state index is 5.98. The number of nitrogens with zero attached hydrogens (tertiary/aromatic N) is 1. The molecule has 0 atom stereocenters. The smallest absolute Gasteiger partial charge is 0.0406 e. The van der Waals surface area contributed by atoms with Gasteiger partial charge in [-0.05, 0) is 53.1 Å². The van der Waals surface area contributed by atoms with Gasteiger partial charge in [-0.3, -0.25) is 4.90 Å². The molecular formula is C27H33Cl3N4. The van der Waals surface area contributed by atoms with Gasteiger partial charge in [0.05, 0.1) is 0 Å². The van der Waals surface area contributed by atoms with Gasteiger partial charge in [-0.25, -0.2) is 0 Å². The predicted octanol–water partition coefficient (Wildman–Crippen LogP) is 5.62. The predicted molar refractivity (Wildman–Crippen MR) is 146 cm³/mol. The van der Waals surface area contributed by atoms with Crippen molar-refractivity contribution in [3.05, 3.63) is 105 Å². The molecule has 0 aromatic heterocycles. The second kappa shape index (κ2) is 15.4.